The van der Waals surface area contributed by atoms with E-state index in [9.17, 15) is 0 Å². The Bertz CT molecular complexity index is 3380. The molecule has 9 aromatic rings. The maximum Gasteiger partial charge on any atom is 0.0713 e. The smallest absolute Gasteiger partial charge is 0.0713 e. The Morgan fingerprint density at radius 3 is 1.57 bits per heavy atom. The van der Waals surface area contributed by atoms with Crippen molar-refractivity contribution in [2.24, 2.45) is 0 Å². The van der Waals surface area contributed by atoms with Crippen LogP contribution in [0.1, 0.15) is 108 Å². The molecule has 4 aliphatic rings. The number of fused-ring (bicyclic) bond motifs is 11. The molecule has 1 fully saturated rings. The molecule has 0 heterocycles. The topological polar surface area (TPSA) is 3.24 Å². The SMILES string of the molecule is CCC1(CC)c2cc(/C=C/c3cccc4c3-c3ccccc3C4(c3ccccc3)c3ccccc3)ccc2-c2ccc(N(c3ccccc3)c3ccc4c(c3)C3(CCCC3)c3ccccc3-4)cc21. The Morgan fingerprint density at radius 1 is 0.397 bits per heavy atom. The van der Waals surface area contributed by atoms with E-state index in [2.05, 4.69) is 243 Å². The molecule has 0 unspecified atom stereocenters. The molecule has 0 aromatic heterocycles. The average molecular weight is 874 g/mol. The van der Waals surface area contributed by atoms with E-state index in [1.54, 1.807) is 0 Å². The van der Waals surface area contributed by atoms with Gasteiger partial charge in [-0.15, -0.1) is 0 Å². The first kappa shape index (κ1) is 40.8. The third-order valence-electron chi connectivity index (χ3n) is 16.8. The summed E-state index contributed by atoms with van der Waals surface area (Å²) in [6, 6.07) is 80.3. The predicted molar refractivity (Wildman–Crippen MR) is 285 cm³/mol. The number of para-hydroxylation sites is 1. The summed E-state index contributed by atoms with van der Waals surface area (Å²) in [6.45, 7) is 4.78. The standard InChI is InChI=1S/C67H55N/c1-3-65(4-2)61-43-46(33-35-47-21-20-32-60-64(47)57-29-15-17-31-59(57)67(60,48-22-8-5-9-23-48)49-24-10-6-11-25-49)34-38-54(61)56-40-37-51(44-62(56)65)68(50-26-12-7-13-27-50)52-36-39-55-53-28-14-16-30-58(53)66(63(55)45-52)41-18-19-42-66/h5-17,20-40,43-45H,3-4,18-19,41-42H2,1-2H3/b35-33+. The Balaban J connectivity index is 0.899. The van der Waals surface area contributed by atoms with Crippen LogP contribution in [0.4, 0.5) is 17.1 Å². The van der Waals surface area contributed by atoms with Crippen LogP contribution in [-0.2, 0) is 16.2 Å². The quantitative estimate of drug-likeness (QED) is 0.131. The summed E-state index contributed by atoms with van der Waals surface area (Å²) in [5.74, 6) is 0. The molecular formula is C67H55N. The third-order valence-corrected chi connectivity index (χ3v) is 16.8. The largest absolute Gasteiger partial charge is 0.310 e. The fourth-order valence-electron chi connectivity index (χ4n) is 13.7. The first-order chi connectivity index (χ1) is 33.6. The molecule has 9 aromatic carbocycles. The lowest BCUT2D eigenvalue weighted by atomic mass is 9.67. The van der Waals surface area contributed by atoms with Crippen molar-refractivity contribution >= 4 is 29.2 Å². The van der Waals surface area contributed by atoms with Crippen LogP contribution in [0.2, 0.25) is 0 Å². The van der Waals surface area contributed by atoms with Crippen LogP contribution in [0.15, 0.2) is 212 Å². The summed E-state index contributed by atoms with van der Waals surface area (Å²) in [6.07, 6.45) is 11.8. The van der Waals surface area contributed by atoms with E-state index in [0.29, 0.717) is 0 Å². The maximum absolute atomic E-state index is 2.55. The molecule has 0 N–H and O–H groups in total. The molecule has 328 valence electrons. The van der Waals surface area contributed by atoms with Crippen molar-refractivity contribution in [2.75, 3.05) is 4.90 Å². The van der Waals surface area contributed by atoms with Crippen molar-refractivity contribution in [3.63, 3.8) is 0 Å². The van der Waals surface area contributed by atoms with Crippen molar-refractivity contribution in [3.05, 3.63) is 268 Å². The molecule has 1 saturated carbocycles. The van der Waals surface area contributed by atoms with Crippen LogP contribution in [-0.4, -0.2) is 0 Å². The second kappa shape index (κ2) is 15.8. The van der Waals surface area contributed by atoms with Gasteiger partial charge in [-0.2, -0.15) is 0 Å². The van der Waals surface area contributed by atoms with E-state index >= 15 is 0 Å². The number of hydrogen-bond acceptors (Lipinski definition) is 1. The van der Waals surface area contributed by atoms with Gasteiger partial charge < -0.3 is 4.90 Å². The van der Waals surface area contributed by atoms with E-state index in [1.807, 2.05) is 0 Å². The molecule has 0 aliphatic heterocycles. The Kier molecular flexibility index (Phi) is 9.48. The fraction of sp³-hybridized carbons (Fsp3) is 0.164. The first-order valence-corrected chi connectivity index (χ1v) is 25.0. The number of benzene rings is 9. The molecule has 4 aliphatic carbocycles. The van der Waals surface area contributed by atoms with Crippen LogP contribution in [0.25, 0.3) is 45.5 Å². The number of hydrogen-bond donors (Lipinski definition) is 0. The third kappa shape index (κ3) is 5.75. The minimum atomic E-state index is -0.418. The summed E-state index contributed by atoms with van der Waals surface area (Å²) in [5, 5.41) is 0. The highest BCUT2D eigenvalue weighted by molar-refractivity contribution is 5.94. The molecule has 68 heavy (non-hydrogen) atoms. The molecule has 0 amide bonds. The van der Waals surface area contributed by atoms with Gasteiger partial charge in [-0.3, -0.25) is 0 Å². The molecule has 0 bridgehead atoms. The highest BCUT2D eigenvalue weighted by Gasteiger charge is 2.48. The molecular weight excluding hydrogens is 819 g/mol. The van der Waals surface area contributed by atoms with Gasteiger partial charge in [0.25, 0.3) is 0 Å². The lowest BCUT2D eigenvalue weighted by Crippen LogP contribution is -2.28. The van der Waals surface area contributed by atoms with Crippen molar-refractivity contribution in [3.8, 4) is 33.4 Å². The molecule has 0 saturated heterocycles. The number of anilines is 3. The highest BCUT2D eigenvalue weighted by atomic mass is 15.1. The fourth-order valence-corrected chi connectivity index (χ4v) is 13.7. The predicted octanol–water partition coefficient (Wildman–Crippen LogP) is 17.6. The van der Waals surface area contributed by atoms with E-state index in [4.69, 9.17) is 0 Å². The van der Waals surface area contributed by atoms with Gasteiger partial charge in [0.15, 0.2) is 0 Å². The van der Waals surface area contributed by atoms with Gasteiger partial charge in [0.05, 0.1) is 5.41 Å². The zero-order chi connectivity index (χ0) is 45.5. The van der Waals surface area contributed by atoms with Crippen LogP contribution in [0.5, 0.6) is 0 Å². The minimum absolute atomic E-state index is 0.107. The summed E-state index contributed by atoms with van der Waals surface area (Å²) in [4.78, 5) is 2.51. The average Bonchev–Trinajstić information content (AvgIpc) is 4.16. The number of rotatable bonds is 9. The minimum Gasteiger partial charge on any atom is -0.310 e. The maximum atomic E-state index is 2.55. The van der Waals surface area contributed by atoms with E-state index in [1.165, 1.54) is 132 Å². The lowest BCUT2D eigenvalue weighted by Gasteiger charge is -2.33. The molecule has 0 radical (unpaired) electrons. The monoisotopic (exact) mass is 873 g/mol. The van der Waals surface area contributed by atoms with Crippen molar-refractivity contribution in [1.29, 1.82) is 0 Å². The number of nitrogens with zero attached hydrogens (tertiary/aromatic N) is 1. The van der Waals surface area contributed by atoms with Crippen molar-refractivity contribution < 1.29 is 0 Å². The summed E-state index contributed by atoms with van der Waals surface area (Å²) < 4.78 is 0. The van der Waals surface area contributed by atoms with E-state index in [0.717, 1.165) is 12.8 Å². The second-order valence-corrected chi connectivity index (χ2v) is 19.7. The summed E-state index contributed by atoms with van der Waals surface area (Å²) in [5.41, 5.74) is 25.0. The lowest BCUT2D eigenvalue weighted by molar-refractivity contribution is 0.490. The van der Waals surface area contributed by atoms with Gasteiger partial charge in [0.1, 0.15) is 0 Å². The van der Waals surface area contributed by atoms with Gasteiger partial charge >= 0.3 is 0 Å². The molecule has 13 rings (SSSR count). The van der Waals surface area contributed by atoms with Crippen molar-refractivity contribution in [2.45, 2.75) is 68.6 Å². The summed E-state index contributed by atoms with van der Waals surface area (Å²) in [7, 11) is 0. The van der Waals surface area contributed by atoms with Gasteiger partial charge in [-0.05, 0) is 151 Å². The highest BCUT2D eigenvalue weighted by Crippen LogP contribution is 2.60. The zero-order valence-corrected chi connectivity index (χ0v) is 39.1. The van der Waals surface area contributed by atoms with Gasteiger partial charge in [-0.25, -0.2) is 0 Å². The van der Waals surface area contributed by atoms with E-state index < -0.39 is 5.41 Å². The van der Waals surface area contributed by atoms with Crippen LogP contribution >= 0.6 is 0 Å². The Labute approximate surface area is 402 Å². The van der Waals surface area contributed by atoms with Crippen LogP contribution < -0.4 is 4.90 Å². The van der Waals surface area contributed by atoms with Gasteiger partial charge in [0.2, 0.25) is 0 Å². The van der Waals surface area contributed by atoms with Gasteiger partial charge in [0, 0.05) is 27.9 Å². The normalized spacial score (nSPS) is 16.0. The Hall–Kier alpha value is -7.48. The van der Waals surface area contributed by atoms with Crippen LogP contribution in [0.3, 0.4) is 0 Å². The molecule has 1 nitrogen and oxygen atoms in total. The Morgan fingerprint density at radius 2 is 0.912 bits per heavy atom. The van der Waals surface area contributed by atoms with Crippen molar-refractivity contribution in [1.82, 2.24) is 0 Å². The molecule has 1 heteroatoms. The second-order valence-electron chi connectivity index (χ2n) is 19.7. The first-order valence-electron chi connectivity index (χ1n) is 25.0. The van der Waals surface area contributed by atoms with Crippen LogP contribution in [0, 0.1) is 0 Å². The zero-order valence-electron chi connectivity index (χ0n) is 39.1. The molecule has 0 atom stereocenters. The van der Waals surface area contributed by atoms with Gasteiger partial charge in [-0.1, -0.05) is 215 Å². The van der Waals surface area contributed by atoms with E-state index in [-0.39, 0.29) is 10.8 Å². The summed E-state index contributed by atoms with van der Waals surface area (Å²) >= 11 is 0. The molecule has 1 spiro atoms.